The second-order valence-corrected chi connectivity index (χ2v) is 5.79. The van der Waals surface area contributed by atoms with Gasteiger partial charge in [0.2, 0.25) is 0 Å². The average molecular weight is 276 g/mol. The first-order chi connectivity index (χ1) is 9.67. The number of nitro benzene ring substituents is 1. The summed E-state index contributed by atoms with van der Waals surface area (Å²) >= 11 is 0. The lowest BCUT2D eigenvalue weighted by Crippen LogP contribution is -2.26. The van der Waals surface area contributed by atoms with Crippen LogP contribution in [0.2, 0.25) is 0 Å². The highest BCUT2D eigenvalue weighted by molar-refractivity contribution is 5.64. The van der Waals surface area contributed by atoms with Crippen molar-refractivity contribution in [2.75, 3.05) is 11.9 Å². The number of benzene rings is 1. The van der Waals surface area contributed by atoms with E-state index in [2.05, 4.69) is 5.32 Å². The van der Waals surface area contributed by atoms with E-state index in [1.165, 1.54) is 25.3 Å². The molecule has 0 heterocycles. The molecule has 3 rings (SSSR count). The van der Waals surface area contributed by atoms with Crippen LogP contribution < -0.4 is 10.1 Å². The molecular weight excluding hydrogens is 256 g/mol. The van der Waals surface area contributed by atoms with Crippen molar-refractivity contribution in [2.45, 2.75) is 38.6 Å². The van der Waals surface area contributed by atoms with Crippen molar-refractivity contribution < 1.29 is 9.66 Å². The van der Waals surface area contributed by atoms with Gasteiger partial charge in [-0.25, -0.2) is 0 Å². The van der Waals surface area contributed by atoms with Crippen molar-refractivity contribution in [1.29, 1.82) is 0 Å². The number of hydrogen-bond donors (Lipinski definition) is 1. The third-order valence-corrected chi connectivity index (χ3v) is 4.56. The lowest BCUT2D eigenvalue weighted by atomic mass is 9.95. The molecule has 2 saturated carbocycles. The number of hydrogen-bond acceptors (Lipinski definition) is 4. The first kappa shape index (κ1) is 13.2. The van der Waals surface area contributed by atoms with Crippen LogP contribution in [0.1, 0.15) is 32.6 Å². The Kier molecular flexibility index (Phi) is 3.51. The molecule has 0 aliphatic heterocycles. The van der Waals surface area contributed by atoms with Gasteiger partial charge in [-0.1, -0.05) is 6.42 Å². The third-order valence-electron chi connectivity index (χ3n) is 4.56. The zero-order chi connectivity index (χ0) is 14.1. The standard InChI is InChI=1S/C15H20N2O3/c1-2-20-12-5-6-13(15(9-12)17(18)19)16-14-8-10-3-4-11(14)7-10/h5-6,9-11,14,16H,2-4,7-8H2,1H3. The molecule has 5 heteroatoms. The zero-order valence-electron chi connectivity index (χ0n) is 11.7. The first-order valence-electron chi connectivity index (χ1n) is 7.35. The fourth-order valence-electron chi connectivity index (χ4n) is 3.66. The maximum absolute atomic E-state index is 11.2. The molecular formula is C15H20N2O3. The summed E-state index contributed by atoms with van der Waals surface area (Å²) in [7, 11) is 0. The molecule has 108 valence electrons. The fraction of sp³-hybridized carbons (Fsp3) is 0.600. The Morgan fingerprint density at radius 2 is 2.25 bits per heavy atom. The largest absolute Gasteiger partial charge is 0.494 e. The Bertz CT molecular complexity index is 518. The summed E-state index contributed by atoms with van der Waals surface area (Å²) in [5.41, 5.74) is 0.731. The van der Waals surface area contributed by atoms with Crippen molar-refractivity contribution in [3.63, 3.8) is 0 Å². The molecule has 3 atom stereocenters. The Morgan fingerprint density at radius 3 is 2.85 bits per heavy atom. The molecule has 5 nitrogen and oxygen atoms in total. The van der Waals surface area contributed by atoms with Crippen LogP contribution in [0.15, 0.2) is 18.2 Å². The molecule has 0 saturated heterocycles. The van der Waals surface area contributed by atoms with Crippen molar-refractivity contribution in [1.82, 2.24) is 0 Å². The predicted molar refractivity (Wildman–Crippen MR) is 77.1 cm³/mol. The van der Waals surface area contributed by atoms with Crippen LogP contribution in [0.3, 0.4) is 0 Å². The van der Waals surface area contributed by atoms with Crippen LogP contribution in [0.5, 0.6) is 5.75 Å². The lowest BCUT2D eigenvalue weighted by Gasteiger charge is -2.23. The molecule has 2 bridgehead atoms. The molecule has 0 amide bonds. The Morgan fingerprint density at radius 1 is 1.40 bits per heavy atom. The van der Waals surface area contributed by atoms with Crippen LogP contribution in [0.4, 0.5) is 11.4 Å². The van der Waals surface area contributed by atoms with Crippen molar-refractivity contribution in [2.24, 2.45) is 11.8 Å². The van der Waals surface area contributed by atoms with Gasteiger partial charge >= 0.3 is 0 Å². The molecule has 0 spiro atoms. The Hall–Kier alpha value is -1.78. The van der Waals surface area contributed by atoms with Crippen LogP contribution in [0, 0.1) is 22.0 Å². The van der Waals surface area contributed by atoms with Crippen LogP contribution in [0.25, 0.3) is 0 Å². The molecule has 0 aromatic heterocycles. The molecule has 2 fully saturated rings. The van der Waals surface area contributed by atoms with Crippen molar-refractivity contribution in [3.05, 3.63) is 28.3 Å². The van der Waals surface area contributed by atoms with Gasteiger partial charge < -0.3 is 10.1 Å². The topological polar surface area (TPSA) is 64.4 Å². The van der Waals surface area contributed by atoms with Gasteiger partial charge in [0.25, 0.3) is 5.69 Å². The molecule has 2 aliphatic carbocycles. The summed E-state index contributed by atoms with van der Waals surface area (Å²) in [4.78, 5) is 10.9. The number of anilines is 1. The second-order valence-electron chi connectivity index (χ2n) is 5.79. The van der Waals surface area contributed by atoms with E-state index in [1.807, 2.05) is 6.92 Å². The number of nitrogens with zero attached hydrogens (tertiary/aromatic N) is 1. The summed E-state index contributed by atoms with van der Waals surface area (Å²) in [6.07, 6.45) is 5.01. The minimum atomic E-state index is -0.335. The van der Waals surface area contributed by atoms with E-state index in [-0.39, 0.29) is 10.6 Å². The van der Waals surface area contributed by atoms with Crippen LogP contribution >= 0.6 is 0 Å². The predicted octanol–water partition coefficient (Wildman–Crippen LogP) is 3.59. The molecule has 1 aromatic rings. The van der Waals surface area contributed by atoms with Gasteiger partial charge in [0.15, 0.2) is 0 Å². The van der Waals surface area contributed by atoms with E-state index in [1.54, 1.807) is 12.1 Å². The summed E-state index contributed by atoms with van der Waals surface area (Å²) in [5, 5.41) is 14.6. The van der Waals surface area contributed by atoms with E-state index >= 15 is 0 Å². The smallest absolute Gasteiger partial charge is 0.296 e. The van der Waals surface area contributed by atoms with Gasteiger partial charge in [-0.15, -0.1) is 0 Å². The van der Waals surface area contributed by atoms with Gasteiger partial charge in [0, 0.05) is 6.04 Å². The average Bonchev–Trinajstić information content (AvgIpc) is 3.03. The molecule has 1 aromatic carbocycles. The van der Waals surface area contributed by atoms with Crippen molar-refractivity contribution in [3.8, 4) is 5.75 Å². The number of ether oxygens (including phenoxy) is 1. The maximum Gasteiger partial charge on any atom is 0.296 e. The van der Waals surface area contributed by atoms with Crippen molar-refractivity contribution >= 4 is 11.4 Å². The summed E-state index contributed by atoms with van der Waals surface area (Å²) in [6.45, 7) is 2.38. The van der Waals surface area contributed by atoms with E-state index in [0.29, 0.717) is 30.0 Å². The first-order valence-corrected chi connectivity index (χ1v) is 7.35. The summed E-state index contributed by atoms with van der Waals surface area (Å²) in [5.74, 6) is 2.06. The minimum Gasteiger partial charge on any atom is -0.494 e. The van der Waals surface area contributed by atoms with Gasteiger partial charge in [-0.05, 0) is 50.2 Å². The molecule has 1 N–H and O–H groups in total. The third kappa shape index (κ3) is 2.44. The number of fused-ring (bicyclic) bond motifs is 2. The van der Waals surface area contributed by atoms with Crippen LogP contribution in [-0.2, 0) is 0 Å². The van der Waals surface area contributed by atoms with E-state index in [0.717, 1.165) is 12.3 Å². The second kappa shape index (κ2) is 5.31. The molecule has 3 unspecified atom stereocenters. The number of rotatable bonds is 5. The van der Waals surface area contributed by atoms with E-state index in [4.69, 9.17) is 4.74 Å². The summed E-state index contributed by atoms with van der Waals surface area (Å²) in [6, 6.07) is 5.48. The molecule has 2 aliphatic rings. The van der Waals surface area contributed by atoms with Gasteiger partial charge in [0.05, 0.1) is 17.6 Å². The van der Waals surface area contributed by atoms with Gasteiger partial charge in [0.1, 0.15) is 11.4 Å². The SMILES string of the molecule is CCOc1ccc(NC2CC3CCC2C3)c([N+](=O)[O-])c1. The van der Waals surface area contributed by atoms with Crippen LogP contribution in [-0.4, -0.2) is 17.6 Å². The summed E-state index contributed by atoms with van der Waals surface area (Å²) < 4.78 is 5.34. The molecule has 20 heavy (non-hydrogen) atoms. The van der Waals surface area contributed by atoms with E-state index in [9.17, 15) is 10.1 Å². The maximum atomic E-state index is 11.2. The van der Waals surface area contributed by atoms with E-state index < -0.39 is 0 Å². The highest BCUT2D eigenvalue weighted by Crippen LogP contribution is 2.46. The monoisotopic (exact) mass is 276 g/mol. The highest BCUT2D eigenvalue weighted by Gasteiger charge is 2.40. The van der Waals surface area contributed by atoms with Gasteiger partial charge in [-0.2, -0.15) is 0 Å². The highest BCUT2D eigenvalue weighted by atomic mass is 16.6. The number of nitrogens with one attached hydrogen (secondary N) is 1. The van der Waals surface area contributed by atoms with Gasteiger partial charge in [-0.3, -0.25) is 10.1 Å². The number of nitro groups is 1. The Labute approximate surface area is 118 Å². The molecule has 0 radical (unpaired) electrons. The fourth-order valence-corrected chi connectivity index (χ4v) is 3.66. The normalized spacial score (nSPS) is 27.6. The zero-order valence-corrected chi connectivity index (χ0v) is 11.7. The lowest BCUT2D eigenvalue weighted by molar-refractivity contribution is -0.384. The Balaban J connectivity index is 1.79. The quantitative estimate of drug-likeness (QED) is 0.659. The minimum absolute atomic E-state index is 0.110.